The van der Waals surface area contributed by atoms with Crippen LogP contribution in [-0.2, 0) is 0 Å². The zero-order valence-corrected chi connectivity index (χ0v) is 11.7. The number of aliphatic imine (C=N–C) groups is 1. The van der Waals surface area contributed by atoms with Crippen molar-refractivity contribution in [1.82, 2.24) is 8.96 Å². The van der Waals surface area contributed by atoms with Crippen molar-refractivity contribution in [3.05, 3.63) is 12.5 Å². The maximum absolute atomic E-state index is 10.7. The van der Waals surface area contributed by atoms with Crippen molar-refractivity contribution in [3.8, 4) is 0 Å². The number of aliphatic hydroxyl groups excluding tert-OH is 1. The van der Waals surface area contributed by atoms with E-state index in [-0.39, 0.29) is 5.44 Å². The van der Waals surface area contributed by atoms with Gasteiger partial charge in [-0.2, -0.15) is 0 Å². The monoisotopic (exact) mass is 267 g/mol. The maximum Gasteiger partial charge on any atom is 0.162 e. The Labute approximate surface area is 111 Å². The number of rotatable bonds is 3. The van der Waals surface area contributed by atoms with Gasteiger partial charge in [0.25, 0.3) is 0 Å². The highest BCUT2D eigenvalue weighted by atomic mass is 32.2. The molecular weight excluding hydrogens is 246 g/mol. The summed E-state index contributed by atoms with van der Waals surface area (Å²) in [7, 11) is 0. The van der Waals surface area contributed by atoms with Crippen molar-refractivity contribution in [2.45, 2.75) is 50.9 Å². The van der Waals surface area contributed by atoms with Gasteiger partial charge in [0.15, 0.2) is 5.82 Å². The predicted molar refractivity (Wildman–Crippen MR) is 76.6 cm³/mol. The molecule has 4 nitrogen and oxygen atoms in total. The van der Waals surface area contributed by atoms with Crippen molar-refractivity contribution in [2.24, 2.45) is 10.9 Å². The minimum Gasteiger partial charge on any atom is -0.382 e. The Hall–Kier alpha value is -0.810. The molecule has 1 aliphatic carbocycles. The van der Waals surface area contributed by atoms with Gasteiger partial charge in [-0.3, -0.25) is 3.97 Å². The van der Waals surface area contributed by atoms with Gasteiger partial charge in [0.1, 0.15) is 11.8 Å². The average Bonchev–Trinajstić information content (AvgIpc) is 2.98. The number of aromatic nitrogens is 2. The van der Waals surface area contributed by atoms with Gasteiger partial charge in [-0.05, 0) is 25.2 Å². The van der Waals surface area contributed by atoms with Crippen LogP contribution in [0.15, 0.2) is 17.5 Å². The molecule has 0 saturated heterocycles. The van der Waals surface area contributed by atoms with E-state index in [0.29, 0.717) is 5.92 Å². The molecule has 3 rings (SSSR count). The molecular formula is C13H21N3OS. The number of hydrogen-bond donors (Lipinski definition) is 2. The zero-order chi connectivity index (χ0) is 12.5. The van der Waals surface area contributed by atoms with Crippen LogP contribution in [0.2, 0.25) is 0 Å². The second-order valence-electron chi connectivity index (χ2n) is 5.13. The molecule has 0 aromatic carbocycles. The summed E-state index contributed by atoms with van der Waals surface area (Å²) in [6, 6.07) is 0. The predicted octanol–water partition coefficient (Wildman–Crippen LogP) is 3.00. The lowest BCUT2D eigenvalue weighted by atomic mass is 9.90. The van der Waals surface area contributed by atoms with Gasteiger partial charge >= 0.3 is 0 Å². The molecule has 0 radical (unpaired) electrons. The quantitative estimate of drug-likeness (QED) is 0.827. The van der Waals surface area contributed by atoms with Gasteiger partial charge in [0.05, 0.1) is 11.2 Å². The van der Waals surface area contributed by atoms with Gasteiger partial charge in [-0.1, -0.05) is 26.2 Å². The fraction of sp³-hybridized carbons (Fsp3) is 0.692. The van der Waals surface area contributed by atoms with Crippen LogP contribution in [0, 0.1) is 5.92 Å². The van der Waals surface area contributed by atoms with Gasteiger partial charge in [0.2, 0.25) is 0 Å². The molecule has 1 fully saturated rings. The van der Waals surface area contributed by atoms with Crippen molar-refractivity contribution in [3.63, 3.8) is 0 Å². The summed E-state index contributed by atoms with van der Waals surface area (Å²) in [6.07, 6.45) is 10.7. The number of fused-ring (bicyclic) bond motifs is 1. The first kappa shape index (κ1) is 12.2. The Morgan fingerprint density at radius 2 is 2.22 bits per heavy atom. The number of nitrogens with zero attached hydrogens (tertiary/aromatic N) is 3. The van der Waals surface area contributed by atoms with Gasteiger partial charge in [-0.15, -0.1) is 11.1 Å². The van der Waals surface area contributed by atoms with Crippen LogP contribution in [-0.4, -0.2) is 24.5 Å². The molecule has 1 aromatic heterocycles. The molecule has 2 atom stereocenters. The average molecular weight is 267 g/mol. The Balaban J connectivity index is 1.84. The molecule has 2 unspecified atom stereocenters. The third-order valence-corrected chi connectivity index (χ3v) is 6.62. The summed E-state index contributed by atoms with van der Waals surface area (Å²) < 4.78 is 2.10. The third-order valence-electron chi connectivity index (χ3n) is 3.98. The number of aliphatic hydroxyl groups is 1. The summed E-state index contributed by atoms with van der Waals surface area (Å²) in [5.74, 6) is 1.38. The lowest BCUT2D eigenvalue weighted by Gasteiger charge is -2.34. The summed E-state index contributed by atoms with van der Waals surface area (Å²) in [4.78, 5) is 8.76. The minimum atomic E-state index is -0.712. The van der Waals surface area contributed by atoms with Crippen LogP contribution < -0.4 is 0 Å². The Bertz CT molecular complexity index is 451. The highest BCUT2D eigenvalue weighted by Gasteiger charge is 2.33. The summed E-state index contributed by atoms with van der Waals surface area (Å²) in [5.41, 5.74) is -0.241. The molecule has 1 N–H and O–H groups in total. The Morgan fingerprint density at radius 3 is 2.94 bits per heavy atom. The highest BCUT2D eigenvalue weighted by molar-refractivity contribution is 8.29. The van der Waals surface area contributed by atoms with Crippen molar-refractivity contribution < 1.29 is 5.11 Å². The molecule has 0 bridgehead atoms. The Kier molecular flexibility index (Phi) is 3.43. The van der Waals surface area contributed by atoms with Gasteiger partial charge in [-0.25, -0.2) is 9.98 Å². The van der Waals surface area contributed by atoms with E-state index in [1.54, 1.807) is 6.20 Å². The van der Waals surface area contributed by atoms with Crippen molar-refractivity contribution >= 4 is 21.9 Å². The molecule has 1 aromatic rings. The molecule has 2 aliphatic rings. The van der Waals surface area contributed by atoms with Crippen molar-refractivity contribution in [1.29, 1.82) is 0 Å². The zero-order valence-electron chi connectivity index (χ0n) is 10.8. The molecule has 0 spiro atoms. The second-order valence-corrected chi connectivity index (χ2v) is 7.30. The van der Waals surface area contributed by atoms with Gasteiger partial charge in [0, 0.05) is 0 Å². The topological polar surface area (TPSA) is 50.4 Å². The standard InChI is InChI=1S/C13H21N3OS/c1-2-12-15-11-8-14-9-16(11)18(12)13(17)10-6-4-3-5-7-10/h8-10,13,17-18H,2-7H2,1H3. The first-order valence-electron chi connectivity index (χ1n) is 6.88. The maximum atomic E-state index is 10.7. The molecule has 0 amide bonds. The number of hydrogen-bond acceptors (Lipinski definition) is 3. The molecule has 5 heteroatoms. The van der Waals surface area contributed by atoms with Gasteiger partial charge < -0.3 is 5.11 Å². The molecule has 1 saturated carbocycles. The van der Waals surface area contributed by atoms with Crippen LogP contribution in [0.25, 0.3) is 0 Å². The van der Waals surface area contributed by atoms with E-state index < -0.39 is 11.1 Å². The van der Waals surface area contributed by atoms with E-state index in [4.69, 9.17) is 0 Å². The van der Waals surface area contributed by atoms with E-state index in [1.165, 1.54) is 37.1 Å². The summed E-state index contributed by atoms with van der Waals surface area (Å²) in [5, 5.41) is 11.9. The molecule has 18 heavy (non-hydrogen) atoms. The molecule has 100 valence electrons. The second kappa shape index (κ2) is 5.05. The van der Waals surface area contributed by atoms with Crippen LogP contribution in [0.3, 0.4) is 0 Å². The minimum absolute atomic E-state index is 0.241. The van der Waals surface area contributed by atoms with E-state index in [1.807, 2.05) is 6.33 Å². The normalized spacial score (nSPS) is 27.9. The molecule has 2 heterocycles. The van der Waals surface area contributed by atoms with Crippen LogP contribution >= 0.6 is 11.1 Å². The summed E-state index contributed by atoms with van der Waals surface area (Å²) >= 11 is -0.712. The lowest BCUT2D eigenvalue weighted by Crippen LogP contribution is -2.26. The van der Waals surface area contributed by atoms with Crippen LogP contribution in [0.1, 0.15) is 45.4 Å². The van der Waals surface area contributed by atoms with Crippen molar-refractivity contribution in [2.75, 3.05) is 0 Å². The number of imidazole rings is 1. The van der Waals surface area contributed by atoms with E-state index >= 15 is 0 Å². The summed E-state index contributed by atoms with van der Waals surface area (Å²) in [6.45, 7) is 2.13. The fourth-order valence-electron chi connectivity index (χ4n) is 2.99. The Morgan fingerprint density at radius 1 is 1.44 bits per heavy atom. The van der Waals surface area contributed by atoms with E-state index in [0.717, 1.165) is 12.2 Å². The number of thiol groups is 1. The first-order chi connectivity index (χ1) is 8.81. The largest absolute Gasteiger partial charge is 0.382 e. The SMILES string of the molecule is CCC1=Nc2cncn2[SH]1C(O)C1CCCCC1. The van der Waals surface area contributed by atoms with E-state index in [2.05, 4.69) is 20.9 Å². The third kappa shape index (κ3) is 1.99. The van der Waals surface area contributed by atoms with Crippen LogP contribution in [0.4, 0.5) is 5.82 Å². The molecule has 1 aliphatic heterocycles. The smallest absolute Gasteiger partial charge is 0.162 e. The highest BCUT2D eigenvalue weighted by Crippen LogP contribution is 2.49. The lowest BCUT2D eigenvalue weighted by molar-refractivity contribution is 0.158. The first-order valence-corrected chi connectivity index (χ1v) is 8.25. The van der Waals surface area contributed by atoms with E-state index in [9.17, 15) is 5.11 Å². The van der Waals surface area contributed by atoms with Crippen LogP contribution in [0.5, 0.6) is 0 Å². The fourth-order valence-corrected chi connectivity index (χ4v) is 5.51.